The zero-order chi connectivity index (χ0) is 14.5. The van der Waals surface area contributed by atoms with Crippen LogP contribution in [0.25, 0.3) is 0 Å². The molecule has 0 radical (unpaired) electrons. The van der Waals surface area contributed by atoms with Gasteiger partial charge in [0, 0.05) is 10.5 Å². The van der Waals surface area contributed by atoms with E-state index in [0.29, 0.717) is 5.56 Å². The number of rotatable bonds is 5. The lowest BCUT2D eigenvalue weighted by Gasteiger charge is -2.10. The van der Waals surface area contributed by atoms with Gasteiger partial charge in [-0.2, -0.15) is 0 Å². The second-order valence-corrected chi connectivity index (χ2v) is 5.73. The second-order valence-electron chi connectivity index (χ2n) is 4.32. The molecule has 0 saturated carbocycles. The monoisotopic (exact) mass is 286 g/mol. The van der Waals surface area contributed by atoms with Crippen molar-refractivity contribution in [3.05, 3.63) is 65.7 Å². The van der Waals surface area contributed by atoms with Gasteiger partial charge < -0.3 is 5.11 Å². The smallest absolute Gasteiger partial charge is 0.335 e. The number of hydrogen-bond acceptors (Lipinski definition) is 3. The molecule has 3 nitrogen and oxygen atoms in total. The molecule has 2 aromatic rings. The molecule has 0 aromatic heterocycles. The highest BCUT2D eigenvalue weighted by Crippen LogP contribution is 2.25. The number of carboxylic acid groups (broad SMARTS) is 1. The minimum absolute atomic E-state index is 0.0675. The summed E-state index contributed by atoms with van der Waals surface area (Å²) < 4.78 is 0. The molecular weight excluding hydrogens is 272 g/mol. The number of carboxylic acids is 1. The van der Waals surface area contributed by atoms with E-state index in [1.54, 1.807) is 36.4 Å². The van der Waals surface area contributed by atoms with Gasteiger partial charge in [-0.15, -0.1) is 11.8 Å². The number of thioether (sulfide) groups is 1. The molecule has 0 aliphatic heterocycles. The third-order valence-corrected chi connectivity index (χ3v) is 3.95. The maximum atomic E-state index is 12.2. The summed E-state index contributed by atoms with van der Waals surface area (Å²) in [5.74, 6) is -0.882. The van der Waals surface area contributed by atoms with Gasteiger partial charge in [0.2, 0.25) is 0 Å². The second kappa shape index (κ2) is 6.39. The molecule has 0 amide bonds. The normalized spacial score (nSPS) is 11.8. The number of Topliss-reactive ketones (excluding diaryl/α,β-unsaturated/α-hetero) is 1. The van der Waals surface area contributed by atoms with Gasteiger partial charge in [-0.25, -0.2) is 4.79 Å². The van der Waals surface area contributed by atoms with E-state index in [4.69, 9.17) is 5.11 Å². The Balaban J connectivity index is 2.06. The first kappa shape index (κ1) is 14.3. The summed E-state index contributed by atoms with van der Waals surface area (Å²) in [5, 5.41) is 8.62. The maximum Gasteiger partial charge on any atom is 0.335 e. The van der Waals surface area contributed by atoms with Crippen LogP contribution in [-0.4, -0.2) is 22.1 Å². The molecule has 2 rings (SSSR count). The fourth-order valence-electron chi connectivity index (χ4n) is 1.77. The Morgan fingerprint density at radius 1 is 0.950 bits per heavy atom. The van der Waals surface area contributed by atoms with Crippen LogP contribution in [0.5, 0.6) is 0 Å². The third kappa shape index (κ3) is 3.48. The van der Waals surface area contributed by atoms with Crippen LogP contribution in [0.4, 0.5) is 0 Å². The number of carbonyl (C=O) groups is 2. The Hall–Kier alpha value is -2.07. The van der Waals surface area contributed by atoms with Crippen LogP contribution in [0, 0.1) is 0 Å². The summed E-state index contributed by atoms with van der Waals surface area (Å²) in [6.07, 6.45) is 0. The van der Waals surface area contributed by atoms with Crippen molar-refractivity contribution in [1.29, 1.82) is 0 Å². The van der Waals surface area contributed by atoms with Crippen LogP contribution in [0.1, 0.15) is 27.6 Å². The van der Waals surface area contributed by atoms with E-state index in [1.807, 2.05) is 25.1 Å². The van der Waals surface area contributed by atoms with E-state index in [9.17, 15) is 9.59 Å². The lowest BCUT2D eigenvalue weighted by Crippen LogP contribution is -2.13. The van der Waals surface area contributed by atoms with Gasteiger partial charge in [0.25, 0.3) is 0 Å². The molecule has 0 heterocycles. The lowest BCUT2D eigenvalue weighted by atomic mass is 10.1. The van der Waals surface area contributed by atoms with Crippen molar-refractivity contribution >= 4 is 23.5 Å². The van der Waals surface area contributed by atoms with E-state index < -0.39 is 5.97 Å². The highest BCUT2D eigenvalue weighted by Gasteiger charge is 2.16. The molecule has 0 fully saturated rings. The van der Waals surface area contributed by atoms with Crippen LogP contribution >= 0.6 is 11.8 Å². The summed E-state index contributed by atoms with van der Waals surface area (Å²) in [6, 6.07) is 15.7. The molecule has 1 atom stereocenters. The van der Waals surface area contributed by atoms with Gasteiger partial charge in [0.05, 0.1) is 10.8 Å². The summed E-state index contributed by atoms with van der Waals surface area (Å²) in [4.78, 5) is 23.9. The summed E-state index contributed by atoms with van der Waals surface area (Å²) in [5.41, 5.74) is 0.936. The third-order valence-electron chi connectivity index (χ3n) is 2.84. The first-order valence-corrected chi connectivity index (χ1v) is 7.05. The van der Waals surface area contributed by atoms with Gasteiger partial charge >= 0.3 is 5.97 Å². The minimum atomic E-state index is -0.949. The molecule has 2 aromatic carbocycles. The summed E-state index contributed by atoms with van der Waals surface area (Å²) >= 11 is 1.42. The van der Waals surface area contributed by atoms with Gasteiger partial charge in [0.15, 0.2) is 5.78 Å². The minimum Gasteiger partial charge on any atom is -0.478 e. The quantitative estimate of drug-likeness (QED) is 0.672. The average molecular weight is 286 g/mol. The Kier molecular flexibility index (Phi) is 4.58. The average Bonchev–Trinajstić information content (AvgIpc) is 2.48. The van der Waals surface area contributed by atoms with Crippen molar-refractivity contribution in [3.8, 4) is 0 Å². The number of benzene rings is 2. The fourth-order valence-corrected chi connectivity index (χ4v) is 2.72. The Labute approximate surface area is 121 Å². The highest BCUT2D eigenvalue weighted by molar-refractivity contribution is 8.00. The first-order chi connectivity index (χ1) is 9.58. The van der Waals surface area contributed by atoms with Crippen LogP contribution < -0.4 is 0 Å². The number of ketones is 1. The fraction of sp³-hybridized carbons (Fsp3) is 0.125. The Bertz CT molecular complexity index is 605. The first-order valence-electron chi connectivity index (χ1n) is 6.17. The number of hydrogen-bond donors (Lipinski definition) is 1. The van der Waals surface area contributed by atoms with Crippen LogP contribution in [0.3, 0.4) is 0 Å². The van der Waals surface area contributed by atoms with Crippen molar-refractivity contribution in [2.24, 2.45) is 0 Å². The lowest BCUT2D eigenvalue weighted by molar-refractivity contribution is 0.0696. The SMILES string of the molecule is CC(Sc1ccc(C(=O)O)cc1)C(=O)c1ccccc1. The standard InChI is InChI=1S/C16H14O3S/c1-11(15(17)12-5-3-2-4-6-12)20-14-9-7-13(8-10-14)16(18)19/h2-11H,1H3,(H,18,19). The molecule has 0 saturated heterocycles. The predicted octanol–water partition coefficient (Wildman–Crippen LogP) is 3.75. The van der Waals surface area contributed by atoms with E-state index in [1.165, 1.54) is 11.8 Å². The highest BCUT2D eigenvalue weighted by atomic mass is 32.2. The summed E-state index contributed by atoms with van der Waals surface area (Å²) in [7, 11) is 0. The molecule has 0 aliphatic carbocycles. The molecule has 0 aliphatic rings. The molecule has 4 heteroatoms. The van der Waals surface area contributed by atoms with Crippen molar-refractivity contribution in [1.82, 2.24) is 0 Å². The molecule has 0 bridgehead atoms. The molecule has 0 spiro atoms. The van der Waals surface area contributed by atoms with Crippen molar-refractivity contribution in [2.45, 2.75) is 17.1 Å². The maximum absolute atomic E-state index is 12.2. The van der Waals surface area contributed by atoms with Crippen LogP contribution in [0.15, 0.2) is 59.5 Å². The molecule has 1 unspecified atom stereocenters. The van der Waals surface area contributed by atoms with E-state index in [2.05, 4.69) is 0 Å². The van der Waals surface area contributed by atoms with Crippen molar-refractivity contribution in [2.75, 3.05) is 0 Å². The van der Waals surface area contributed by atoms with Crippen molar-refractivity contribution in [3.63, 3.8) is 0 Å². The Morgan fingerprint density at radius 3 is 2.10 bits per heavy atom. The van der Waals surface area contributed by atoms with E-state index in [-0.39, 0.29) is 16.6 Å². The van der Waals surface area contributed by atoms with Gasteiger partial charge in [-0.05, 0) is 31.2 Å². The summed E-state index contributed by atoms with van der Waals surface area (Å²) in [6.45, 7) is 1.85. The van der Waals surface area contributed by atoms with Gasteiger partial charge in [-0.1, -0.05) is 30.3 Å². The zero-order valence-corrected chi connectivity index (χ0v) is 11.8. The molecule has 102 valence electrons. The molecule has 20 heavy (non-hydrogen) atoms. The Morgan fingerprint density at radius 2 is 1.55 bits per heavy atom. The number of carbonyl (C=O) groups excluding carboxylic acids is 1. The largest absolute Gasteiger partial charge is 0.478 e. The molecular formula is C16H14O3S. The van der Waals surface area contributed by atoms with E-state index >= 15 is 0 Å². The van der Waals surface area contributed by atoms with Crippen LogP contribution in [0.2, 0.25) is 0 Å². The number of aromatic carboxylic acids is 1. The van der Waals surface area contributed by atoms with Gasteiger partial charge in [0.1, 0.15) is 0 Å². The van der Waals surface area contributed by atoms with E-state index in [0.717, 1.165) is 4.90 Å². The molecule has 1 N–H and O–H groups in total. The zero-order valence-electron chi connectivity index (χ0n) is 10.9. The predicted molar refractivity (Wildman–Crippen MR) is 79.5 cm³/mol. The van der Waals surface area contributed by atoms with Crippen molar-refractivity contribution < 1.29 is 14.7 Å². The van der Waals surface area contributed by atoms with Gasteiger partial charge in [-0.3, -0.25) is 4.79 Å². The van der Waals surface area contributed by atoms with Crippen LogP contribution in [-0.2, 0) is 0 Å². The topological polar surface area (TPSA) is 54.4 Å².